The molecule has 0 heterocycles. The molecule has 5 nitrogen and oxygen atoms in total. The van der Waals surface area contributed by atoms with Gasteiger partial charge in [-0.05, 0) is 18.2 Å². The van der Waals surface area contributed by atoms with Crippen LogP contribution in [0.5, 0.6) is 0 Å². The van der Waals surface area contributed by atoms with E-state index >= 15 is 0 Å². The van der Waals surface area contributed by atoms with Crippen LogP contribution in [0, 0.1) is 11.3 Å². The lowest BCUT2D eigenvalue weighted by Crippen LogP contribution is -2.00. The van der Waals surface area contributed by atoms with E-state index in [-0.39, 0.29) is 16.1 Å². The van der Waals surface area contributed by atoms with Gasteiger partial charge in [0.1, 0.15) is 0 Å². The molecule has 68 valence electrons. The second-order valence-electron chi connectivity index (χ2n) is 2.38. The quantitative estimate of drug-likeness (QED) is 0.501. The molecule has 0 aliphatic heterocycles. The van der Waals surface area contributed by atoms with Crippen molar-refractivity contribution in [3.63, 3.8) is 0 Å². The van der Waals surface area contributed by atoms with Gasteiger partial charge in [-0.25, -0.2) is 0 Å². The highest BCUT2D eigenvalue weighted by molar-refractivity contribution is 7.85. The molecule has 0 aliphatic carbocycles. The number of hydrogen-bond donors (Lipinski definition) is 2. The molecule has 1 rings (SSSR count). The van der Waals surface area contributed by atoms with Crippen molar-refractivity contribution in [2.24, 2.45) is 0 Å². The number of benzene rings is 1. The lowest BCUT2D eigenvalue weighted by Gasteiger charge is -1.99. The molecule has 1 aromatic carbocycles. The van der Waals surface area contributed by atoms with Crippen LogP contribution in [0.1, 0.15) is 5.56 Å². The van der Waals surface area contributed by atoms with E-state index in [0.29, 0.717) is 0 Å². The predicted molar refractivity (Wildman–Crippen MR) is 45.4 cm³/mol. The molecule has 0 unspecified atom stereocenters. The second-order valence-corrected chi connectivity index (χ2v) is 3.80. The van der Waals surface area contributed by atoms with Gasteiger partial charge >= 0.3 is 0 Å². The van der Waals surface area contributed by atoms with Gasteiger partial charge in [-0.1, -0.05) is 0 Å². The summed E-state index contributed by atoms with van der Waals surface area (Å²) in [5.74, 6) is 0. The van der Waals surface area contributed by atoms with Crippen molar-refractivity contribution < 1.29 is 13.0 Å². The third kappa shape index (κ3) is 2.18. The zero-order valence-electron chi connectivity index (χ0n) is 6.43. The summed E-state index contributed by atoms with van der Waals surface area (Å²) in [6.45, 7) is 0. The number of nitrogens with two attached hydrogens (primary N) is 1. The Kier molecular flexibility index (Phi) is 2.23. The average molecular weight is 198 g/mol. The second kappa shape index (κ2) is 3.05. The number of nitriles is 1. The lowest BCUT2D eigenvalue weighted by molar-refractivity contribution is 0.483. The molecular formula is C7H6N2O3S. The summed E-state index contributed by atoms with van der Waals surface area (Å²) in [5.41, 5.74) is 5.51. The van der Waals surface area contributed by atoms with E-state index in [4.69, 9.17) is 15.5 Å². The van der Waals surface area contributed by atoms with Crippen LogP contribution in [0.15, 0.2) is 23.1 Å². The fourth-order valence-corrected chi connectivity index (χ4v) is 1.40. The van der Waals surface area contributed by atoms with Crippen LogP contribution in [0.3, 0.4) is 0 Å². The van der Waals surface area contributed by atoms with Crippen LogP contribution >= 0.6 is 0 Å². The fraction of sp³-hybridized carbons (Fsp3) is 0. The first-order valence-electron chi connectivity index (χ1n) is 3.21. The van der Waals surface area contributed by atoms with E-state index in [2.05, 4.69) is 0 Å². The first kappa shape index (κ1) is 9.51. The van der Waals surface area contributed by atoms with Crippen molar-refractivity contribution in [2.75, 3.05) is 5.73 Å². The summed E-state index contributed by atoms with van der Waals surface area (Å²) in [4.78, 5) is -0.371. The Balaban J connectivity index is 3.44. The van der Waals surface area contributed by atoms with E-state index in [0.717, 1.165) is 12.1 Å². The van der Waals surface area contributed by atoms with Gasteiger partial charge in [-0.2, -0.15) is 13.7 Å². The molecular weight excluding hydrogens is 192 g/mol. The van der Waals surface area contributed by atoms with Gasteiger partial charge in [0.2, 0.25) is 0 Å². The summed E-state index contributed by atoms with van der Waals surface area (Å²) >= 11 is 0. The molecule has 13 heavy (non-hydrogen) atoms. The highest BCUT2D eigenvalue weighted by atomic mass is 32.2. The highest BCUT2D eigenvalue weighted by Gasteiger charge is 2.10. The third-order valence-corrected chi connectivity index (χ3v) is 2.19. The molecule has 1 aromatic rings. The van der Waals surface area contributed by atoms with E-state index in [1.54, 1.807) is 6.07 Å². The van der Waals surface area contributed by atoms with Crippen LogP contribution in [0.25, 0.3) is 0 Å². The summed E-state index contributed by atoms with van der Waals surface area (Å²) in [6, 6.07) is 5.17. The minimum Gasteiger partial charge on any atom is -0.399 e. The molecule has 0 amide bonds. The maximum Gasteiger partial charge on any atom is 0.294 e. The molecule has 3 N–H and O–H groups in total. The van der Waals surface area contributed by atoms with Gasteiger partial charge in [0.05, 0.1) is 16.5 Å². The van der Waals surface area contributed by atoms with E-state index in [1.807, 2.05) is 0 Å². The zero-order chi connectivity index (χ0) is 10.1. The zero-order valence-corrected chi connectivity index (χ0v) is 7.25. The normalized spacial score (nSPS) is 10.8. The van der Waals surface area contributed by atoms with Gasteiger partial charge in [-0.15, -0.1) is 0 Å². The molecule has 0 saturated carbocycles. The first-order valence-corrected chi connectivity index (χ1v) is 4.65. The highest BCUT2D eigenvalue weighted by Crippen LogP contribution is 2.15. The monoisotopic (exact) mass is 198 g/mol. The van der Waals surface area contributed by atoms with Crippen molar-refractivity contribution in [1.29, 1.82) is 5.26 Å². The van der Waals surface area contributed by atoms with Gasteiger partial charge in [0.25, 0.3) is 10.1 Å². The number of nitrogens with zero attached hydrogens (tertiary/aromatic N) is 1. The summed E-state index contributed by atoms with van der Waals surface area (Å²) < 4.78 is 29.9. The van der Waals surface area contributed by atoms with Gasteiger partial charge in [0, 0.05) is 5.69 Å². The van der Waals surface area contributed by atoms with Crippen LogP contribution in [0.2, 0.25) is 0 Å². The Morgan fingerprint density at radius 2 is 2.00 bits per heavy atom. The molecule has 0 aliphatic rings. The number of nitrogen functional groups attached to an aromatic ring is 1. The SMILES string of the molecule is N#Cc1cc(N)cc(S(=O)(=O)O)c1. The molecule has 0 aromatic heterocycles. The van der Waals surface area contributed by atoms with Crippen molar-refractivity contribution in [3.8, 4) is 6.07 Å². The van der Waals surface area contributed by atoms with Crippen LogP contribution in [0.4, 0.5) is 5.69 Å². The lowest BCUT2D eigenvalue weighted by atomic mass is 10.2. The summed E-state index contributed by atoms with van der Waals surface area (Å²) in [6.07, 6.45) is 0. The van der Waals surface area contributed by atoms with Gasteiger partial charge in [-0.3, -0.25) is 4.55 Å². The summed E-state index contributed by atoms with van der Waals surface area (Å²) in [7, 11) is -4.29. The van der Waals surface area contributed by atoms with Gasteiger partial charge in [0.15, 0.2) is 0 Å². The first-order chi connectivity index (χ1) is 5.93. The van der Waals surface area contributed by atoms with Crippen LogP contribution < -0.4 is 5.73 Å². The minimum atomic E-state index is -4.29. The maximum atomic E-state index is 10.6. The van der Waals surface area contributed by atoms with E-state index < -0.39 is 10.1 Å². The topological polar surface area (TPSA) is 104 Å². The number of hydrogen-bond acceptors (Lipinski definition) is 4. The van der Waals surface area contributed by atoms with Crippen molar-refractivity contribution in [3.05, 3.63) is 23.8 Å². The molecule has 0 spiro atoms. The van der Waals surface area contributed by atoms with Crippen molar-refractivity contribution >= 4 is 15.8 Å². The van der Waals surface area contributed by atoms with Crippen LogP contribution in [-0.2, 0) is 10.1 Å². The molecule has 0 radical (unpaired) electrons. The smallest absolute Gasteiger partial charge is 0.294 e. The summed E-state index contributed by atoms with van der Waals surface area (Å²) in [5, 5.41) is 8.47. The van der Waals surface area contributed by atoms with E-state index in [1.165, 1.54) is 6.07 Å². The average Bonchev–Trinajstić information content (AvgIpc) is 2.01. The van der Waals surface area contributed by atoms with Crippen molar-refractivity contribution in [2.45, 2.75) is 4.90 Å². The standard InChI is InChI=1S/C7H6N2O3S/c8-4-5-1-6(9)3-7(2-5)13(10,11)12/h1-3H,9H2,(H,10,11,12). The Morgan fingerprint density at radius 3 is 2.46 bits per heavy atom. The van der Waals surface area contributed by atoms with Crippen molar-refractivity contribution in [1.82, 2.24) is 0 Å². The fourth-order valence-electron chi connectivity index (χ4n) is 0.836. The molecule has 0 fully saturated rings. The third-order valence-electron chi connectivity index (χ3n) is 1.36. The van der Waals surface area contributed by atoms with Gasteiger partial charge < -0.3 is 5.73 Å². The Hall–Kier alpha value is -1.58. The maximum absolute atomic E-state index is 10.6. The molecule has 6 heteroatoms. The number of rotatable bonds is 1. The van der Waals surface area contributed by atoms with Crippen LogP contribution in [-0.4, -0.2) is 13.0 Å². The number of anilines is 1. The minimum absolute atomic E-state index is 0.0904. The Morgan fingerprint density at radius 1 is 1.38 bits per heavy atom. The molecule has 0 atom stereocenters. The molecule has 0 saturated heterocycles. The Labute approximate surface area is 75.2 Å². The van der Waals surface area contributed by atoms with E-state index in [9.17, 15) is 8.42 Å². The Bertz CT molecular complexity index is 473. The largest absolute Gasteiger partial charge is 0.399 e. The molecule has 0 bridgehead atoms. The predicted octanol–water partition coefficient (Wildman–Crippen LogP) is 0.387.